The van der Waals surface area contributed by atoms with E-state index in [0.29, 0.717) is 13.0 Å². The van der Waals surface area contributed by atoms with E-state index in [2.05, 4.69) is 0 Å². The van der Waals surface area contributed by atoms with Crippen LogP contribution >= 0.6 is 0 Å². The fraction of sp³-hybridized carbons (Fsp3) is 0.778. The van der Waals surface area contributed by atoms with Crippen molar-refractivity contribution in [2.75, 3.05) is 6.54 Å². The molecule has 1 heterocycles. The highest BCUT2D eigenvalue weighted by molar-refractivity contribution is 5.80. The third-order valence-electron chi connectivity index (χ3n) is 2.71. The van der Waals surface area contributed by atoms with Gasteiger partial charge in [0.25, 0.3) is 0 Å². The molecule has 1 N–H and O–H groups in total. The lowest BCUT2D eigenvalue weighted by atomic mass is 9.98. The maximum atomic E-state index is 11.3. The minimum Gasteiger partial charge on any atom is -0.481 e. The van der Waals surface area contributed by atoms with E-state index >= 15 is 0 Å². The highest BCUT2D eigenvalue weighted by atomic mass is 16.4. The molecule has 1 aliphatic rings. The Bertz CT molecular complexity index is 227. The quantitative estimate of drug-likeness (QED) is 0.704. The van der Waals surface area contributed by atoms with E-state index in [1.54, 1.807) is 4.90 Å². The van der Waals surface area contributed by atoms with Gasteiger partial charge in [-0.05, 0) is 19.8 Å². The van der Waals surface area contributed by atoms with Crippen molar-refractivity contribution in [3.05, 3.63) is 0 Å². The van der Waals surface area contributed by atoms with Crippen LogP contribution in [0.15, 0.2) is 0 Å². The third-order valence-corrected chi connectivity index (χ3v) is 2.71. The van der Waals surface area contributed by atoms with Crippen molar-refractivity contribution in [3.8, 4) is 0 Å². The summed E-state index contributed by atoms with van der Waals surface area (Å²) < 4.78 is 0. The first-order valence-electron chi connectivity index (χ1n) is 4.57. The van der Waals surface area contributed by atoms with Gasteiger partial charge in [-0.25, -0.2) is 0 Å². The topological polar surface area (TPSA) is 57.6 Å². The van der Waals surface area contributed by atoms with Crippen LogP contribution in [-0.4, -0.2) is 34.5 Å². The van der Waals surface area contributed by atoms with Crippen molar-refractivity contribution >= 4 is 11.9 Å². The van der Waals surface area contributed by atoms with E-state index in [1.807, 2.05) is 13.8 Å². The van der Waals surface area contributed by atoms with Crippen LogP contribution in [0.25, 0.3) is 0 Å². The molecule has 4 heteroatoms. The number of carbonyl (C=O) groups excluding carboxylic acids is 1. The molecule has 0 spiro atoms. The van der Waals surface area contributed by atoms with Crippen LogP contribution in [0.3, 0.4) is 0 Å². The van der Waals surface area contributed by atoms with E-state index in [4.69, 9.17) is 5.11 Å². The standard InChI is InChI=1S/C9H15NO3/c1-3-10-6(2)7(4-8(10)11)5-9(12)13/h6-7H,3-5H2,1-2H3,(H,12,13). The summed E-state index contributed by atoms with van der Waals surface area (Å²) in [6.45, 7) is 4.51. The lowest BCUT2D eigenvalue weighted by Crippen LogP contribution is -2.33. The Morgan fingerprint density at radius 1 is 1.69 bits per heavy atom. The first-order chi connectivity index (χ1) is 6.06. The van der Waals surface area contributed by atoms with Gasteiger partial charge in [0.05, 0.1) is 6.42 Å². The number of carboxylic acids is 1. The molecule has 74 valence electrons. The molecule has 4 nitrogen and oxygen atoms in total. The summed E-state index contributed by atoms with van der Waals surface area (Å²) >= 11 is 0. The second kappa shape index (κ2) is 3.77. The molecule has 0 radical (unpaired) electrons. The van der Waals surface area contributed by atoms with E-state index in [-0.39, 0.29) is 24.3 Å². The van der Waals surface area contributed by atoms with Gasteiger partial charge in [-0.1, -0.05) is 0 Å². The number of rotatable bonds is 3. The van der Waals surface area contributed by atoms with Gasteiger partial charge in [0.1, 0.15) is 0 Å². The fourth-order valence-corrected chi connectivity index (χ4v) is 1.93. The highest BCUT2D eigenvalue weighted by Gasteiger charge is 2.36. The summed E-state index contributed by atoms with van der Waals surface area (Å²) in [5.41, 5.74) is 0. The average Bonchev–Trinajstić information content (AvgIpc) is 2.26. The Labute approximate surface area is 77.5 Å². The zero-order chi connectivity index (χ0) is 10.0. The van der Waals surface area contributed by atoms with Crippen LogP contribution in [0.5, 0.6) is 0 Å². The lowest BCUT2D eigenvalue weighted by molar-refractivity contribution is -0.138. The first-order valence-corrected chi connectivity index (χ1v) is 4.57. The summed E-state index contributed by atoms with van der Waals surface area (Å²) in [5.74, 6) is -0.742. The first kappa shape index (κ1) is 10.0. The zero-order valence-corrected chi connectivity index (χ0v) is 7.99. The maximum Gasteiger partial charge on any atom is 0.303 e. The van der Waals surface area contributed by atoms with Gasteiger partial charge >= 0.3 is 5.97 Å². The molecular formula is C9H15NO3. The van der Waals surface area contributed by atoms with Gasteiger partial charge in [-0.2, -0.15) is 0 Å². The molecule has 0 saturated carbocycles. The van der Waals surface area contributed by atoms with Crippen LogP contribution in [0.4, 0.5) is 0 Å². The molecule has 0 aromatic heterocycles. The Morgan fingerprint density at radius 2 is 2.31 bits per heavy atom. The van der Waals surface area contributed by atoms with Crippen LogP contribution in [0, 0.1) is 5.92 Å². The summed E-state index contributed by atoms with van der Waals surface area (Å²) in [6, 6.07) is 0.0774. The number of nitrogens with zero attached hydrogens (tertiary/aromatic N) is 1. The molecule has 1 rings (SSSR count). The van der Waals surface area contributed by atoms with Crippen molar-refractivity contribution in [1.82, 2.24) is 4.90 Å². The van der Waals surface area contributed by atoms with E-state index in [0.717, 1.165) is 0 Å². The summed E-state index contributed by atoms with van der Waals surface area (Å²) in [6.07, 6.45) is 0.491. The smallest absolute Gasteiger partial charge is 0.303 e. The maximum absolute atomic E-state index is 11.3. The molecule has 2 unspecified atom stereocenters. The van der Waals surface area contributed by atoms with Crippen LogP contribution in [0.2, 0.25) is 0 Å². The number of amides is 1. The van der Waals surface area contributed by atoms with E-state index in [1.165, 1.54) is 0 Å². The third kappa shape index (κ3) is 1.99. The molecule has 1 fully saturated rings. The molecule has 1 aliphatic heterocycles. The predicted molar refractivity (Wildman–Crippen MR) is 47.2 cm³/mol. The number of hydrogen-bond acceptors (Lipinski definition) is 2. The van der Waals surface area contributed by atoms with E-state index < -0.39 is 5.97 Å². The second-order valence-corrected chi connectivity index (χ2v) is 3.48. The van der Waals surface area contributed by atoms with Crippen LogP contribution in [0.1, 0.15) is 26.7 Å². The minimum atomic E-state index is -0.817. The fourth-order valence-electron chi connectivity index (χ4n) is 1.93. The van der Waals surface area contributed by atoms with Crippen molar-refractivity contribution in [1.29, 1.82) is 0 Å². The number of hydrogen-bond donors (Lipinski definition) is 1. The van der Waals surface area contributed by atoms with Crippen LogP contribution < -0.4 is 0 Å². The second-order valence-electron chi connectivity index (χ2n) is 3.48. The molecule has 2 atom stereocenters. The van der Waals surface area contributed by atoms with Gasteiger partial charge < -0.3 is 10.0 Å². The summed E-state index contributed by atoms with van der Waals surface area (Å²) in [7, 11) is 0. The average molecular weight is 185 g/mol. The minimum absolute atomic E-state index is 0.00931. The van der Waals surface area contributed by atoms with Gasteiger partial charge in [0.2, 0.25) is 5.91 Å². The van der Waals surface area contributed by atoms with Gasteiger partial charge in [0.15, 0.2) is 0 Å². The molecule has 1 saturated heterocycles. The largest absolute Gasteiger partial charge is 0.481 e. The summed E-state index contributed by atoms with van der Waals surface area (Å²) in [5, 5.41) is 8.61. The number of aliphatic carboxylic acids is 1. The van der Waals surface area contributed by atoms with Gasteiger partial charge in [-0.15, -0.1) is 0 Å². The molecule has 13 heavy (non-hydrogen) atoms. The Balaban J connectivity index is 2.61. The molecular weight excluding hydrogens is 170 g/mol. The van der Waals surface area contributed by atoms with Gasteiger partial charge in [0, 0.05) is 19.0 Å². The molecule has 0 aliphatic carbocycles. The number of likely N-dealkylation sites (tertiary alicyclic amines) is 1. The molecule has 0 aromatic rings. The Kier molecular flexibility index (Phi) is 2.90. The monoisotopic (exact) mass is 185 g/mol. The van der Waals surface area contributed by atoms with Crippen molar-refractivity contribution in [3.63, 3.8) is 0 Å². The highest BCUT2D eigenvalue weighted by Crippen LogP contribution is 2.27. The molecule has 0 bridgehead atoms. The SMILES string of the molecule is CCN1C(=O)CC(CC(=O)O)C1C. The van der Waals surface area contributed by atoms with Crippen molar-refractivity contribution < 1.29 is 14.7 Å². The number of carbonyl (C=O) groups is 2. The van der Waals surface area contributed by atoms with Crippen molar-refractivity contribution in [2.24, 2.45) is 5.92 Å². The normalized spacial score (nSPS) is 28.2. The Hall–Kier alpha value is -1.06. The summed E-state index contributed by atoms with van der Waals surface area (Å²) in [4.78, 5) is 23.6. The zero-order valence-electron chi connectivity index (χ0n) is 7.99. The molecule has 1 amide bonds. The molecule has 0 aromatic carbocycles. The van der Waals surface area contributed by atoms with Crippen molar-refractivity contribution in [2.45, 2.75) is 32.7 Å². The Morgan fingerprint density at radius 3 is 2.69 bits per heavy atom. The lowest BCUT2D eigenvalue weighted by Gasteiger charge is -2.22. The van der Waals surface area contributed by atoms with E-state index in [9.17, 15) is 9.59 Å². The predicted octanol–water partition coefficient (Wildman–Crippen LogP) is 0.718. The van der Waals surface area contributed by atoms with Crippen LogP contribution in [-0.2, 0) is 9.59 Å². The number of carboxylic acid groups (broad SMARTS) is 1. The van der Waals surface area contributed by atoms with Gasteiger partial charge in [-0.3, -0.25) is 9.59 Å².